The van der Waals surface area contributed by atoms with Gasteiger partial charge in [0.25, 0.3) is 0 Å². The van der Waals surface area contributed by atoms with E-state index in [1.807, 2.05) is 31.2 Å². The minimum absolute atomic E-state index is 0.273. The molecule has 0 unspecified atom stereocenters. The Labute approximate surface area is 102 Å². The Morgan fingerprint density at radius 2 is 1.56 bits per heavy atom. The summed E-state index contributed by atoms with van der Waals surface area (Å²) in [6, 6.07) is 18.5. The molecule has 0 fully saturated rings. The van der Waals surface area contributed by atoms with Crippen LogP contribution in [-0.2, 0) is 0 Å². The Balaban J connectivity index is 2.28. The standard InChI is InChI=1S/C14H14OSe/c1-11(15)13-9-5-6-10-14(13)16-12-7-3-2-4-8-12/h2-11,15H,1H3/t11-/m1/s1. The van der Waals surface area contributed by atoms with Gasteiger partial charge in [-0.1, -0.05) is 0 Å². The quantitative estimate of drug-likeness (QED) is 0.841. The summed E-state index contributed by atoms with van der Waals surface area (Å²) in [4.78, 5) is 0. The minimum atomic E-state index is -0.387. The molecule has 1 N–H and O–H groups in total. The van der Waals surface area contributed by atoms with Gasteiger partial charge < -0.3 is 0 Å². The van der Waals surface area contributed by atoms with Gasteiger partial charge in [-0.25, -0.2) is 0 Å². The zero-order valence-corrected chi connectivity index (χ0v) is 10.8. The van der Waals surface area contributed by atoms with Crippen molar-refractivity contribution in [1.29, 1.82) is 0 Å². The molecule has 0 spiro atoms. The maximum atomic E-state index is 9.69. The van der Waals surface area contributed by atoms with Crippen molar-refractivity contribution in [2.24, 2.45) is 0 Å². The predicted octanol–water partition coefficient (Wildman–Crippen LogP) is 1.39. The molecule has 0 heterocycles. The van der Waals surface area contributed by atoms with Gasteiger partial charge in [0.2, 0.25) is 0 Å². The summed E-state index contributed by atoms with van der Waals surface area (Å²) in [5.41, 5.74) is 1.05. The fourth-order valence-corrected chi connectivity index (χ4v) is 3.74. The normalized spacial score (nSPS) is 12.4. The van der Waals surface area contributed by atoms with Gasteiger partial charge in [-0.05, 0) is 0 Å². The number of rotatable bonds is 3. The number of hydrogen-bond donors (Lipinski definition) is 1. The van der Waals surface area contributed by atoms with Crippen LogP contribution in [0.3, 0.4) is 0 Å². The Morgan fingerprint density at radius 1 is 0.938 bits per heavy atom. The molecule has 1 atom stereocenters. The Morgan fingerprint density at radius 3 is 2.25 bits per heavy atom. The summed E-state index contributed by atoms with van der Waals surface area (Å²) in [7, 11) is 0. The molecule has 0 aromatic heterocycles. The average molecular weight is 277 g/mol. The van der Waals surface area contributed by atoms with E-state index in [2.05, 4.69) is 30.3 Å². The molecule has 1 nitrogen and oxygen atoms in total. The van der Waals surface area contributed by atoms with Crippen LogP contribution in [0.15, 0.2) is 54.6 Å². The van der Waals surface area contributed by atoms with Crippen molar-refractivity contribution in [2.45, 2.75) is 13.0 Å². The van der Waals surface area contributed by atoms with Gasteiger partial charge in [0, 0.05) is 0 Å². The third kappa shape index (κ3) is 2.73. The first-order chi connectivity index (χ1) is 7.77. The van der Waals surface area contributed by atoms with Crippen LogP contribution < -0.4 is 8.92 Å². The van der Waals surface area contributed by atoms with Crippen molar-refractivity contribution in [2.75, 3.05) is 0 Å². The van der Waals surface area contributed by atoms with Crippen molar-refractivity contribution in [3.63, 3.8) is 0 Å². The van der Waals surface area contributed by atoms with E-state index in [0.29, 0.717) is 0 Å². The molecule has 2 aromatic carbocycles. The van der Waals surface area contributed by atoms with Crippen LogP contribution in [-0.4, -0.2) is 20.1 Å². The zero-order chi connectivity index (χ0) is 11.4. The van der Waals surface area contributed by atoms with Gasteiger partial charge in [0.15, 0.2) is 0 Å². The van der Waals surface area contributed by atoms with E-state index < -0.39 is 0 Å². The van der Waals surface area contributed by atoms with Crippen molar-refractivity contribution < 1.29 is 5.11 Å². The molecule has 0 radical (unpaired) electrons. The molecule has 0 bridgehead atoms. The van der Waals surface area contributed by atoms with Gasteiger partial charge in [-0.15, -0.1) is 0 Å². The molecule has 0 saturated carbocycles. The van der Waals surface area contributed by atoms with E-state index >= 15 is 0 Å². The van der Waals surface area contributed by atoms with Gasteiger partial charge >= 0.3 is 102 Å². The Bertz CT molecular complexity index is 451. The molecule has 0 amide bonds. The first-order valence-electron chi connectivity index (χ1n) is 5.27. The third-order valence-electron chi connectivity index (χ3n) is 2.34. The molecule has 2 aromatic rings. The fraction of sp³-hybridized carbons (Fsp3) is 0.143. The van der Waals surface area contributed by atoms with Crippen molar-refractivity contribution in [3.8, 4) is 0 Å². The summed E-state index contributed by atoms with van der Waals surface area (Å²) in [6.07, 6.45) is -0.387. The van der Waals surface area contributed by atoms with E-state index in [1.54, 1.807) is 0 Å². The molecule has 82 valence electrons. The molecular weight excluding hydrogens is 263 g/mol. The number of hydrogen-bond acceptors (Lipinski definition) is 1. The van der Waals surface area contributed by atoms with Crippen LogP contribution in [0.1, 0.15) is 18.6 Å². The fourth-order valence-electron chi connectivity index (χ4n) is 1.53. The molecule has 0 saturated heterocycles. The number of benzene rings is 2. The Kier molecular flexibility index (Phi) is 3.78. The summed E-state index contributed by atoms with van der Waals surface area (Å²) < 4.78 is 2.60. The van der Waals surface area contributed by atoms with Crippen LogP contribution in [0.25, 0.3) is 0 Å². The monoisotopic (exact) mass is 278 g/mol. The van der Waals surface area contributed by atoms with Crippen molar-refractivity contribution >= 4 is 23.9 Å². The van der Waals surface area contributed by atoms with Gasteiger partial charge in [-0.2, -0.15) is 0 Å². The van der Waals surface area contributed by atoms with Gasteiger partial charge in [0.1, 0.15) is 0 Å². The van der Waals surface area contributed by atoms with Crippen LogP contribution in [0, 0.1) is 0 Å². The summed E-state index contributed by atoms with van der Waals surface area (Å²) in [5.74, 6) is 0. The second kappa shape index (κ2) is 5.31. The topological polar surface area (TPSA) is 20.2 Å². The summed E-state index contributed by atoms with van der Waals surface area (Å²) in [6.45, 7) is 1.82. The van der Waals surface area contributed by atoms with Crippen LogP contribution in [0.5, 0.6) is 0 Å². The molecule has 0 aliphatic carbocycles. The molecule has 2 rings (SSSR count). The summed E-state index contributed by atoms with van der Waals surface area (Å²) >= 11 is 0.273. The molecule has 0 aliphatic heterocycles. The molecule has 16 heavy (non-hydrogen) atoms. The zero-order valence-electron chi connectivity index (χ0n) is 9.13. The predicted molar refractivity (Wildman–Crippen MR) is 68.5 cm³/mol. The second-order valence-corrected chi connectivity index (χ2v) is 5.97. The van der Waals surface area contributed by atoms with Crippen molar-refractivity contribution in [3.05, 3.63) is 60.2 Å². The summed E-state index contributed by atoms with van der Waals surface area (Å²) in [5, 5.41) is 9.69. The van der Waals surface area contributed by atoms with E-state index in [-0.39, 0.29) is 21.1 Å². The van der Waals surface area contributed by atoms with E-state index in [4.69, 9.17) is 0 Å². The second-order valence-electron chi connectivity index (χ2n) is 3.63. The van der Waals surface area contributed by atoms with Crippen LogP contribution in [0.2, 0.25) is 0 Å². The van der Waals surface area contributed by atoms with Gasteiger partial charge in [0.05, 0.1) is 0 Å². The van der Waals surface area contributed by atoms with Crippen LogP contribution >= 0.6 is 0 Å². The van der Waals surface area contributed by atoms with E-state index in [9.17, 15) is 5.11 Å². The number of aliphatic hydroxyl groups excluding tert-OH is 1. The number of aliphatic hydroxyl groups is 1. The van der Waals surface area contributed by atoms with E-state index in [1.165, 1.54) is 8.92 Å². The molecular formula is C14H14OSe. The van der Waals surface area contributed by atoms with Gasteiger partial charge in [-0.3, -0.25) is 0 Å². The maximum absolute atomic E-state index is 9.69. The molecule has 2 heteroatoms. The average Bonchev–Trinajstić information content (AvgIpc) is 2.31. The molecule has 0 aliphatic rings. The van der Waals surface area contributed by atoms with Crippen LogP contribution in [0.4, 0.5) is 0 Å². The third-order valence-corrected chi connectivity index (χ3v) is 4.65. The first-order valence-corrected chi connectivity index (χ1v) is 6.98. The SMILES string of the molecule is C[C@@H](O)c1ccccc1[Se]c1ccccc1. The van der Waals surface area contributed by atoms with Crippen molar-refractivity contribution in [1.82, 2.24) is 0 Å². The first kappa shape index (κ1) is 11.4. The van der Waals surface area contributed by atoms with E-state index in [0.717, 1.165) is 5.56 Å². The Hall–Kier alpha value is -1.08.